The molecule has 0 spiro atoms. The highest BCUT2D eigenvalue weighted by atomic mass is 79.9. The number of hydrogen-bond acceptors (Lipinski definition) is 2. The van der Waals surface area contributed by atoms with Crippen molar-refractivity contribution in [2.45, 2.75) is 19.3 Å². The number of hydrogen-bond donors (Lipinski definition) is 0. The van der Waals surface area contributed by atoms with E-state index in [-0.39, 0.29) is 0 Å². The first-order valence-corrected chi connectivity index (χ1v) is 5.42. The quantitative estimate of drug-likeness (QED) is 0.704. The van der Waals surface area contributed by atoms with Crippen molar-refractivity contribution in [2.75, 3.05) is 7.11 Å². The first-order chi connectivity index (χ1) is 6.74. The zero-order valence-corrected chi connectivity index (χ0v) is 9.84. The molecule has 1 aromatic rings. The van der Waals surface area contributed by atoms with Gasteiger partial charge < -0.3 is 4.84 Å². The van der Waals surface area contributed by atoms with Crippen LogP contribution in [0.1, 0.15) is 30.4 Å². The van der Waals surface area contributed by atoms with Gasteiger partial charge in [-0.25, -0.2) is 0 Å². The summed E-state index contributed by atoms with van der Waals surface area (Å²) in [7, 11) is 1.59. The van der Waals surface area contributed by atoms with Gasteiger partial charge >= 0.3 is 0 Å². The van der Waals surface area contributed by atoms with E-state index in [1.165, 1.54) is 15.6 Å². The fourth-order valence-corrected chi connectivity index (χ4v) is 2.75. The summed E-state index contributed by atoms with van der Waals surface area (Å²) in [6, 6.07) is 6.21. The predicted molar refractivity (Wildman–Crippen MR) is 60.7 cm³/mol. The van der Waals surface area contributed by atoms with Gasteiger partial charge in [-0.15, -0.1) is 0 Å². The highest BCUT2D eigenvalue weighted by molar-refractivity contribution is 9.10. The largest absolute Gasteiger partial charge is 0.399 e. The van der Waals surface area contributed by atoms with Crippen LogP contribution in [0, 0.1) is 0 Å². The smallest absolute Gasteiger partial charge is 0.106 e. The molecule has 0 N–H and O–H groups in total. The second-order valence-corrected chi connectivity index (χ2v) is 4.38. The van der Waals surface area contributed by atoms with Crippen molar-refractivity contribution in [3.8, 4) is 0 Å². The van der Waals surface area contributed by atoms with Gasteiger partial charge in [0.1, 0.15) is 7.11 Å². The van der Waals surface area contributed by atoms with Gasteiger partial charge in [0.15, 0.2) is 0 Å². The highest BCUT2D eigenvalue weighted by Crippen LogP contribution is 2.37. The molecule has 0 saturated carbocycles. The van der Waals surface area contributed by atoms with Crippen LogP contribution in [0.25, 0.3) is 0 Å². The number of fused-ring (bicyclic) bond motifs is 1. The summed E-state index contributed by atoms with van der Waals surface area (Å²) in [5, 5.41) is 4.05. The molecule has 2 rings (SSSR count). The molecular weight excluding hydrogens is 242 g/mol. The number of rotatable bonds is 1. The zero-order chi connectivity index (χ0) is 10.1. The summed E-state index contributed by atoms with van der Waals surface area (Å²) in [5.74, 6) is 0.523. The lowest BCUT2D eigenvalue weighted by Crippen LogP contribution is -1.94. The van der Waals surface area contributed by atoms with Crippen LogP contribution in [0.4, 0.5) is 0 Å². The van der Waals surface area contributed by atoms with Crippen LogP contribution < -0.4 is 0 Å². The SMILES string of the molecule is CO/N=C1/C[C@@H](C)c2c(Br)cccc21. The van der Waals surface area contributed by atoms with Crippen LogP contribution in [0.3, 0.4) is 0 Å². The van der Waals surface area contributed by atoms with Crippen LogP contribution in [0.2, 0.25) is 0 Å². The van der Waals surface area contributed by atoms with Gasteiger partial charge in [-0.3, -0.25) is 0 Å². The topological polar surface area (TPSA) is 21.6 Å². The summed E-state index contributed by atoms with van der Waals surface area (Å²) < 4.78 is 1.17. The van der Waals surface area contributed by atoms with Gasteiger partial charge in [0, 0.05) is 16.5 Å². The van der Waals surface area contributed by atoms with Gasteiger partial charge in [0.2, 0.25) is 0 Å². The van der Waals surface area contributed by atoms with E-state index in [1.807, 2.05) is 6.07 Å². The third-order valence-electron chi connectivity index (χ3n) is 2.56. The van der Waals surface area contributed by atoms with Crippen molar-refractivity contribution in [2.24, 2.45) is 5.16 Å². The Kier molecular flexibility index (Phi) is 2.59. The second kappa shape index (κ2) is 3.73. The molecule has 0 radical (unpaired) electrons. The summed E-state index contributed by atoms with van der Waals surface area (Å²) in [4.78, 5) is 4.84. The fourth-order valence-electron chi connectivity index (χ4n) is 1.99. The molecule has 0 aromatic heterocycles. The van der Waals surface area contributed by atoms with Gasteiger partial charge in [-0.1, -0.05) is 40.1 Å². The van der Waals surface area contributed by atoms with Crippen LogP contribution in [-0.4, -0.2) is 12.8 Å². The lowest BCUT2D eigenvalue weighted by atomic mass is 10.0. The van der Waals surface area contributed by atoms with E-state index in [0.717, 1.165) is 12.1 Å². The van der Waals surface area contributed by atoms with E-state index in [0.29, 0.717) is 5.92 Å². The van der Waals surface area contributed by atoms with Gasteiger partial charge in [0.05, 0.1) is 5.71 Å². The van der Waals surface area contributed by atoms with E-state index >= 15 is 0 Å². The van der Waals surface area contributed by atoms with Gasteiger partial charge in [0.25, 0.3) is 0 Å². The Morgan fingerprint density at radius 2 is 2.29 bits per heavy atom. The minimum Gasteiger partial charge on any atom is -0.399 e. The molecule has 1 aliphatic rings. The first kappa shape index (κ1) is 9.71. The molecule has 0 heterocycles. The third-order valence-corrected chi connectivity index (χ3v) is 3.25. The zero-order valence-electron chi connectivity index (χ0n) is 8.25. The van der Waals surface area contributed by atoms with E-state index < -0.39 is 0 Å². The van der Waals surface area contributed by atoms with Crippen LogP contribution in [0.5, 0.6) is 0 Å². The number of benzene rings is 1. The number of halogens is 1. The average Bonchev–Trinajstić information content (AvgIpc) is 2.46. The Labute approximate surface area is 92.1 Å². The van der Waals surface area contributed by atoms with Gasteiger partial charge in [-0.2, -0.15) is 0 Å². The summed E-state index contributed by atoms with van der Waals surface area (Å²) in [5.41, 5.74) is 3.62. The van der Waals surface area contributed by atoms with Crippen molar-refractivity contribution in [1.82, 2.24) is 0 Å². The van der Waals surface area contributed by atoms with Crippen molar-refractivity contribution in [3.63, 3.8) is 0 Å². The summed E-state index contributed by atoms with van der Waals surface area (Å²) in [6.45, 7) is 2.21. The molecule has 0 amide bonds. The Morgan fingerprint density at radius 1 is 1.50 bits per heavy atom. The van der Waals surface area contributed by atoms with E-state index in [4.69, 9.17) is 4.84 Å². The van der Waals surface area contributed by atoms with E-state index in [1.54, 1.807) is 7.11 Å². The number of nitrogens with zero attached hydrogens (tertiary/aromatic N) is 1. The highest BCUT2D eigenvalue weighted by Gasteiger charge is 2.26. The minimum absolute atomic E-state index is 0.523. The summed E-state index contributed by atoms with van der Waals surface area (Å²) in [6.07, 6.45) is 0.964. The van der Waals surface area contributed by atoms with E-state index in [2.05, 4.69) is 40.1 Å². The Morgan fingerprint density at radius 3 is 3.00 bits per heavy atom. The van der Waals surface area contributed by atoms with Crippen LogP contribution >= 0.6 is 15.9 Å². The normalized spacial score (nSPS) is 22.5. The third kappa shape index (κ3) is 1.46. The van der Waals surface area contributed by atoms with Gasteiger partial charge in [-0.05, 0) is 17.5 Å². The van der Waals surface area contributed by atoms with Crippen molar-refractivity contribution < 1.29 is 4.84 Å². The maximum absolute atomic E-state index is 4.84. The molecule has 0 saturated heterocycles. The van der Waals surface area contributed by atoms with Crippen molar-refractivity contribution >= 4 is 21.6 Å². The molecular formula is C11H12BrNO. The molecule has 2 nitrogen and oxygen atoms in total. The average molecular weight is 254 g/mol. The molecule has 74 valence electrons. The maximum atomic E-state index is 4.84. The minimum atomic E-state index is 0.523. The monoisotopic (exact) mass is 253 g/mol. The van der Waals surface area contributed by atoms with E-state index in [9.17, 15) is 0 Å². The van der Waals surface area contributed by atoms with Crippen molar-refractivity contribution in [3.05, 3.63) is 33.8 Å². The number of oxime groups is 1. The first-order valence-electron chi connectivity index (χ1n) is 4.63. The second-order valence-electron chi connectivity index (χ2n) is 3.53. The lowest BCUT2D eigenvalue weighted by molar-refractivity contribution is 0.213. The molecule has 0 unspecified atom stereocenters. The molecule has 3 heteroatoms. The molecule has 14 heavy (non-hydrogen) atoms. The molecule has 0 aliphatic heterocycles. The molecule has 1 atom stereocenters. The standard InChI is InChI=1S/C11H12BrNO/c1-7-6-10(13-14-2)8-4-3-5-9(12)11(7)8/h3-5,7H,6H2,1-2H3/b13-10-/t7-/m1/s1. The van der Waals surface area contributed by atoms with Crippen LogP contribution in [0.15, 0.2) is 27.8 Å². The van der Waals surface area contributed by atoms with Crippen LogP contribution in [-0.2, 0) is 4.84 Å². The molecule has 1 aliphatic carbocycles. The van der Waals surface area contributed by atoms with Crippen molar-refractivity contribution in [1.29, 1.82) is 0 Å². The Hall–Kier alpha value is -0.830. The Balaban J connectivity index is 2.55. The lowest BCUT2D eigenvalue weighted by Gasteiger charge is -2.05. The molecule has 1 aromatic carbocycles. The summed E-state index contributed by atoms with van der Waals surface area (Å²) >= 11 is 3.57. The predicted octanol–water partition coefficient (Wildman–Crippen LogP) is 3.31. The Bertz CT molecular complexity index is 387. The molecule has 0 bridgehead atoms. The maximum Gasteiger partial charge on any atom is 0.106 e. The molecule has 0 fully saturated rings. The fraction of sp³-hybridized carbons (Fsp3) is 0.364.